The summed E-state index contributed by atoms with van der Waals surface area (Å²) in [7, 11) is 0. The number of carbonyl (C=O) groups excluding carboxylic acids is 2. The van der Waals surface area contributed by atoms with Crippen molar-refractivity contribution in [1.82, 2.24) is 0 Å². The molecule has 0 fully saturated rings. The van der Waals surface area contributed by atoms with E-state index in [1.54, 1.807) is 12.1 Å². The summed E-state index contributed by atoms with van der Waals surface area (Å²) in [5.41, 5.74) is 6.38. The van der Waals surface area contributed by atoms with Crippen LogP contribution in [0.25, 0.3) is 0 Å². The molecule has 1 rings (SSSR count). The normalized spacial score (nSPS) is 11.9. The molecular weight excluding hydrogens is 222 g/mol. The predicted octanol–water partition coefficient (Wildman–Crippen LogP) is 0.413. The molecule has 5 heteroatoms. The number of carbonyl (C=O) groups is 3. The van der Waals surface area contributed by atoms with Crippen LogP contribution in [0.5, 0.6) is 0 Å². The van der Waals surface area contributed by atoms with Gasteiger partial charge in [0.2, 0.25) is 5.78 Å². The highest BCUT2D eigenvalue weighted by atomic mass is 16.4. The van der Waals surface area contributed by atoms with Gasteiger partial charge in [-0.15, -0.1) is 0 Å². The van der Waals surface area contributed by atoms with Gasteiger partial charge >= 0.3 is 5.97 Å². The van der Waals surface area contributed by atoms with E-state index in [9.17, 15) is 14.4 Å². The molecule has 0 aromatic heterocycles. The molecule has 1 aromatic carbocycles. The molecular formula is C12H13NO4. The minimum atomic E-state index is -1.08. The van der Waals surface area contributed by atoms with Crippen molar-refractivity contribution in [2.75, 3.05) is 0 Å². The minimum absolute atomic E-state index is 0.184. The molecule has 0 heterocycles. The highest BCUT2D eigenvalue weighted by Gasteiger charge is 2.14. The Hall–Kier alpha value is -2.01. The number of ketones is 2. The zero-order valence-corrected chi connectivity index (χ0v) is 9.34. The Morgan fingerprint density at radius 1 is 1.24 bits per heavy atom. The van der Waals surface area contributed by atoms with Crippen LogP contribution >= 0.6 is 0 Å². The van der Waals surface area contributed by atoms with Crippen LogP contribution in [0.1, 0.15) is 22.8 Å². The van der Waals surface area contributed by atoms with Gasteiger partial charge in [0.05, 0.1) is 0 Å². The molecule has 1 unspecified atom stereocenters. The van der Waals surface area contributed by atoms with E-state index in [0.29, 0.717) is 11.1 Å². The second-order valence-electron chi connectivity index (χ2n) is 3.73. The van der Waals surface area contributed by atoms with Crippen molar-refractivity contribution in [3.63, 3.8) is 0 Å². The van der Waals surface area contributed by atoms with E-state index in [-0.39, 0.29) is 6.42 Å². The maximum Gasteiger partial charge on any atom is 0.320 e. The van der Waals surface area contributed by atoms with E-state index >= 15 is 0 Å². The van der Waals surface area contributed by atoms with Crippen molar-refractivity contribution in [3.05, 3.63) is 35.4 Å². The first-order valence-electron chi connectivity index (χ1n) is 5.04. The lowest BCUT2D eigenvalue weighted by Gasteiger charge is -2.06. The summed E-state index contributed by atoms with van der Waals surface area (Å²) < 4.78 is 0. The number of carboxylic acids is 1. The Kier molecular flexibility index (Phi) is 4.12. The van der Waals surface area contributed by atoms with Crippen molar-refractivity contribution >= 4 is 17.5 Å². The van der Waals surface area contributed by atoms with Gasteiger partial charge < -0.3 is 10.8 Å². The Bertz CT molecular complexity index is 450. The standard InChI is InChI=1S/C12H13NO4/c1-7(14)11(15)9-4-2-8(3-5-9)6-10(13)12(16)17/h2-5,10H,6,13H2,1H3,(H,16,17). The number of rotatable bonds is 5. The monoisotopic (exact) mass is 235 g/mol. The van der Waals surface area contributed by atoms with Gasteiger partial charge in [-0.3, -0.25) is 14.4 Å². The number of benzene rings is 1. The molecule has 0 bridgehead atoms. The van der Waals surface area contributed by atoms with Crippen LogP contribution in [0.15, 0.2) is 24.3 Å². The fraction of sp³-hybridized carbons (Fsp3) is 0.250. The third-order valence-corrected chi connectivity index (χ3v) is 2.31. The van der Waals surface area contributed by atoms with E-state index in [0.717, 1.165) is 0 Å². The quantitative estimate of drug-likeness (QED) is 0.569. The zero-order chi connectivity index (χ0) is 13.0. The second kappa shape index (κ2) is 5.36. The molecule has 0 saturated carbocycles. The van der Waals surface area contributed by atoms with Crippen LogP contribution < -0.4 is 5.73 Å². The Labute approximate surface area is 98.2 Å². The molecule has 0 aliphatic heterocycles. The summed E-state index contributed by atoms with van der Waals surface area (Å²) in [6.07, 6.45) is 0.184. The minimum Gasteiger partial charge on any atom is -0.480 e. The smallest absolute Gasteiger partial charge is 0.320 e. The van der Waals surface area contributed by atoms with Crippen molar-refractivity contribution in [1.29, 1.82) is 0 Å². The third-order valence-electron chi connectivity index (χ3n) is 2.31. The first-order valence-corrected chi connectivity index (χ1v) is 5.04. The first kappa shape index (κ1) is 13.1. The Morgan fingerprint density at radius 2 is 1.76 bits per heavy atom. The van der Waals surface area contributed by atoms with Gasteiger partial charge in [-0.1, -0.05) is 24.3 Å². The van der Waals surface area contributed by atoms with Gasteiger partial charge in [-0.25, -0.2) is 0 Å². The lowest BCUT2D eigenvalue weighted by Crippen LogP contribution is -2.32. The number of Topliss-reactive ketones (excluding diaryl/α,β-unsaturated/α-hetero) is 2. The fourth-order valence-corrected chi connectivity index (χ4v) is 1.34. The average Bonchev–Trinajstić information content (AvgIpc) is 2.28. The lowest BCUT2D eigenvalue weighted by atomic mass is 10.0. The van der Waals surface area contributed by atoms with E-state index in [2.05, 4.69) is 0 Å². The van der Waals surface area contributed by atoms with Crippen molar-refractivity contribution < 1.29 is 19.5 Å². The molecule has 0 aliphatic carbocycles. The summed E-state index contributed by atoms with van der Waals surface area (Å²) in [6.45, 7) is 1.20. The summed E-state index contributed by atoms with van der Waals surface area (Å²) in [4.78, 5) is 32.7. The molecule has 3 N–H and O–H groups in total. The summed E-state index contributed by atoms with van der Waals surface area (Å²) >= 11 is 0. The first-order chi connectivity index (χ1) is 7.91. The second-order valence-corrected chi connectivity index (χ2v) is 3.73. The molecule has 0 radical (unpaired) electrons. The average molecular weight is 235 g/mol. The molecule has 90 valence electrons. The van der Waals surface area contributed by atoms with Gasteiger partial charge in [0.1, 0.15) is 6.04 Å². The highest BCUT2D eigenvalue weighted by molar-refractivity contribution is 6.42. The molecule has 1 aromatic rings. The van der Waals surface area contributed by atoms with Gasteiger partial charge in [0.15, 0.2) is 5.78 Å². The lowest BCUT2D eigenvalue weighted by molar-refractivity contribution is -0.138. The van der Waals surface area contributed by atoms with E-state index in [4.69, 9.17) is 10.8 Å². The van der Waals surface area contributed by atoms with Gasteiger partial charge in [0, 0.05) is 12.5 Å². The van der Waals surface area contributed by atoms with E-state index < -0.39 is 23.6 Å². The van der Waals surface area contributed by atoms with Crippen LogP contribution in [0.4, 0.5) is 0 Å². The Balaban J connectivity index is 2.78. The summed E-state index contributed by atoms with van der Waals surface area (Å²) in [5.74, 6) is -2.16. The number of carboxylic acid groups (broad SMARTS) is 1. The number of aliphatic carboxylic acids is 1. The molecule has 0 amide bonds. The summed E-state index contributed by atoms with van der Waals surface area (Å²) in [5, 5.41) is 8.64. The number of hydrogen-bond donors (Lipinski definition) is 2. The van der Waals surface area contributed by atoms with Crippen molar-refractivity contribution in [2.24, 2.45) is 5.73 Å². The third kappa shape index (κ3) is 3.49. The summed E-state index contributed by atoms with van der Waals surface area (Å²) in [6, 6.07) is 5.21. The molecule has 5 nitrogen and oxygen atoms in total. The van der Waals surface area contributed by atoms with Gasteiger partial charge in [0.25, 0.3) is 0 Å². The maximum atomic E-state index is 11.3. The van der Waals surface area contributed by atoms with Gasteiger partial charge in [-0.2, -0.15) is 0 Å². The molecule has 0 saturated heterocycles. The highest BCUT2D eigenvalue weighted by Crippen LogP contribution is 2.07. The topological polar surface area (TPSA) is 97.5 Å². The van der Waals surface area contributed by atoms with Crippen LogP contribution in [0.3, 0.4) is 0 Å². The zero-order valence-electron chi connectivity index (χ0n) is 9.34. The van der Waals surface area contributed by atoms with E-state index in [1.807, 2.05) is 0 Å². The van der Waals surface area contributed by atoms with Crippen LogP contribution in [0, 0.1) is 0 Å². The van der Waals surface area contributed by atoms with E-state index in [1.165, 1.54) is 19.1 Å². The van der Waals surface area contributed by atoms with Crippen LogP contribution in [-0.2, 0) is 16.0 Å². The van der Waals surface area contributed by atoms with Crippen LogP contribution in [0.2, 0.25) is 0 Å². The maximum absolute atomic E-state index is 11.3. The fourth-order valence-electron chi connectivity index (χ4n) is 1.34. The number of hydrogen-bond acceptors (Lipinski definition) is 4. The largest absolute Gasteiger partial charge is 0.480 e. The molecule has 0 spiro atoms. The molecule has 1 atom stereocenters. The SMILES string of the molecule is CC(=O)C(=O)c1ccc(CC(N)C(=O)O)cc1. The number of nitrogens with two attached hydrogens (primary N) is 1. The van der Waals surface area contributed by atoms with Crippen molar-refractivity contribution in [2.45, 2.75) is 19.4 Å². The van der Waals surface area contributed by atoms with Crippen molar-refractivity contribution in [3.8, 4) is 0 Å². The van der Waals surface area contributed by atoms with Gasteiger partial charge in [-0.05, 0) is 12.0 Å². The molecule has 17 heavy (non-hydrogen) atoms. The molecule has 0 aliphatic rings. The Morgan fingerprint density at radius 3 is 2.18 bits per heavy atom. The van der Waals surface area contributed by atoms with Crippen LogP contribution in [-0.4, -0.2) is 28.7 Å². The predicted molar refractivity (Wildman–Crippen MR) is 60.8 cm³/mol.